The summed E-state index contributed by atoms with van der Waals surface area (Å²) < 4.78 is 5.75. The first-order chi connectivity index (χ1) is 8.38. The van der Waals surface area contributed by atoms with Crippen LogP contribution in [0.1, 0.15) is 12.0 Å². The van der Waals surface area contributed by atoms with Gasteiger partial charge in [-0.3, -0.25) is 0 Å². The third-order valence-electron chi connectivity index (χ3n) is 2.44. The van der Waals surface area contributed by atoms with Crippen LogP contribution in [0.5, 0.6) is 11.5 Å². The van der Waals surface area contributed by atoms with Crippen LogP contribution in [-0.4, -0.2) is 0 Å². The largest absolute Gasteiger partial charge is 0.457 e. The summed E-state index contributed by atoms with van der Waals surface area (Å²) in [6.45, 7) is 0. The van der Waals surface area contributed by atoms with Gasteiger partial charge in [0.05, 0.1) is 0 Å². The number of hydrogen-bond acceptors (Lipinski definition) is 1. The molecule has 0 aromatic heterocycles. The molecule has 0 fully saturated rings. The van der Waals surface area contributed by atoms with Gasteiger partial charge in [0.15, 0.2) is 0 Å². The van der Waals surface area contributed by atoms with Gasteiger partial charge in [-0.05, 0) is 36.2 Å². The number of hydrogen-bond donors (Lipinski definition) is 0. The molecule has 0 N–H and O–H groups in total. The average Bonchev–Trinajstić information content (AvgIpc) is 2.38. The molecule has 2 aromatic carbocycles. The van der Waals surface area contributed by atoms with Crippen LogP contribution < -0.4 is 4.74 Å². The molecule has 0 amide bonds. The summed E-state index contributed by atoms with van der Waals surface area (Å²) in [5, 5.41) is 0. The molecule has 2 aromatic rings. The summed E-state index contributed by atoms with van der Waals surface area (Å²) in [6, 6.07) is 17.8. The minimum Gasteiger partial charge on any atom is -0.457 e. The van der Waals surface area contributed by atoms with E-state index in [0.29, 0.717) is 0 Å². The molecule has 0 aliphatic carbocycles. The normalized spacial score (nSPS) is 9.59. The van der Waals surface area contributed by atoms with Gasteiger partial charge in [0.1, 0.15) is 11.5 Å². The molecule has 0 aliphatic heterocycles. The fraction of sp³-hybridized carbons (Fsp3) is 0.125. The Morgan fingerprint density at radius 2 is 1.71 bits per heavy atom. The van der Waals surface area contributed by atoms with Crippen LogP contribution in [0.2, 0.25) is 0 Å². The number of para-hydroxylation sites is 1. The van der Waals surface area contributed by atoms with Gasteiger partial charge in [0.25, 0.3) is 0 Å². The summed E-state index contributed by atoms with van der Waals surface area (Å²) in [6.07, 6.45) is 6.91. The van der Waals surface area contributed by atoms with E-state index in [1.54, 1.807) is 0 Å². The zero-order valence-corrected chi connectivity index (χ0v) is 9.60. The van der Waals surface area contributed by atoms with E-state index >= 15 is 0 Å². The van der Waals surface area contributed by atoms with Crippen molar-refractivity contribution in [2.24, 2.45) is 0 Å². The van der Waals surface area contributed by atoms with Gasteiger partial charge in [-0.15, -0.1) is 12.3 Å². The third-order valence-corrected chi connectivity index (χ3v) is 2.44. The van der Waals surface area contributed by atoms with E-state index < -0.39 is 0 Å². The van der Waals surface area contributed by atoms with E-state index in [4.69, 9.17) is 11.2 Å². The summed E-state index contributed by atoms with van der Waals surface area (Å²) in [7, 11) is 0. The van der Waals surface area contributed by atoms with Crippen molar-refractivity contribution in [1.82, 2.24) is 0 Å². The summed E-state index contributed by atoms with van der Waals surface area (Å²) >= 11 is 0. The Labute approximate surface area is 102 Å². The topological polar surface area (TPSA) is 9.23 Å². The van der Waals surface area contributed by atoms with E-state index in [2.05, 4.69) is 12.0 Å². The van der Waals surface area contributed by atoms with Gasteiger partial charge in [0.2, 0.25) is 0 Å². The van der Waals surface area contributed by atoms with Crippen molar-refractivity contribution in [2.45, 2.75) is 12.8 Å². The molecule has 0 heterocycles. The molecule has 0 saturated heterocycles. The Balaban J connectivity index is 2.09. The Hall–Kier alpha value is -2.20. The Bertz CT molecular complexity index is 509. The number of ether oxygens (including phenoxy) is 1. The molecule has 0 aliphatic rings. The van der Waals surface area contributed by atoms with E-state index in [1.807, 2.05) is 48.5 Å². The van der Waals surface area contributed by atoms with Gasteiger partial charge in [-0.25, -0.2) is 0 Å². The Morgan fingerprint density at radius 1 is 0.941 bits per heavy atom. The lowest BCUT2D eigenvalue weighted by Gasteiger charge is -2.06. The van der Waals surface area contributed by atoms with Gasteiger partial charge < -0.3 is 4.74 Å². The Morgan fingerprint density at radius 3 is 2.47 bits per heavy atom. The van der Waals surface area contributed by atoms with Crippen LogP contribution in [0.25, 0.3) is 0 Å². The molecule has 0 saturated carbocycles. The smallest absolute Gasteiger partial charge is 0.127 e. The summed E-state index contributed by atoms with van der Waals surface area (Å²) in [4.78, 5) is 0. The molecule has 1 nitrogen and oxygen atoms in total. The van der Waals surface area contributed by atoms with Crippen molar-refractivity contribution in [3.63, 3.8) is 0 Å². The van der Waals surface area contributed by atoms with Crippen LogP contribution in [0, 0.1) is 12.3 Å². The molecular weight excluding hydrogens is 208 g/mol. The summed E-state index contributed by atoms with van der Waals surface area (Å²) in [5.41, 5.74) is 1.20. The fourth-order valence-corrected chi connectivity index (χ4v) is 1.61. The van der Waals surface area contributed by atoms with Crippen LogP contribution in [0.3, 0.4) is 0 Å². The van der Waals surface area contributed by atoms with Crippen molar-refractivity contribution in [3.8, 4) is 23.8 Å². The highest BCUT2D eigenvalue weighted by atomic mass is 16.5. The highest BCUT2D eigenvalue weighted by Crippen LogP contribution is 2.22. The standard InChI is InChI=1S/C16H14O/c1-2-3-8-14-9-7-12-16(13-14)17-15-10-5-4-6-11-15/h1,4-7,9-13H,3,8H2. The van der Waals surface area contributed by atoms with Crippen molar-refractivity contribution >= 4 is 0 Å². The highest BCUT2D eigenvalue weighted by Gasteiger charge is 1.98. The molecule has 84 valence electrons. The SMILES string of the molecule is C#CCCc1cccc(Oc2ccccc2)c1. The number of terminal acetylenes is 1. The zero-order valence-electron chi connectivity index (χ0n) is 9.60. The van der Waals surface area contributed by atoms with Crippen molar-refractivity contribution in [3.05, 3.63) is 60.2 Å². The second kappa shape index (κ2) is 5.77. The third kappa shape index (κ3) is 3.39. The van der Waals surface area contributed by atoms with Crippen molar-refractivity contribution < 1.29 is 4.74 Å². The molecule has 0 radical (unpaired) electrons. The monoisotopic (exact) mass is 222 g/mol. The first-order valence-corrected chi connectivity index (χ1v) is 5.64. The van der Waals surface area contributed by atoms with Gasteiger partial charge in [-0.2, -0.15) is 0 Å². The lowest BCUT2D eigenvalue weighted by Crippen LogP contribution is -1.87. The predicted octanol–water partition coefficient (Wildman–Crippen LogP) is 4.04. The minimum atomic E-state index is 0.759. The zero-order chi connectivity index (χ0) is 11.9. The molecule has 0 spiro atoms. The quantitative estimate of drug-likeness (QED) is 0.709. The van der Waals surface area contributed by atoms with Gasteiger partial charge in [-0.1, -0.05) is 30.3 Å². The minimum absolute atomic E-state index is 0.759. The van der Waals surface area contributed by atoms with Crippen LogP contribution in [0.4, 0.5) is 0 Å². The fourth-order valence-electron chi connectivity index (χ4n) is 1.61. The number of rotatable bonds is 4. The number of benzene rings is 2. The lowest BCUT2D eigenvalue weighted by molar-refractivity contribution is 0.482. The second-order valence-corrected chi connectivity index (χ2v) is 3.77. The summed E-state index contributed by atoms with van der Waals surface area (Å²) in [5.74, 6) is 4.35. The van der Waals surface area contributed by atoms with Crippen LogP contribution in [-0.2, 0) is 6.42 Å². The molecule has 0 bridgehead atoms. The molecular formula is C16H14O. The van der Waals surface area contributed by atoms with E-state index in [-0.39, 0.29) is 0 Å². The van der Waals surface area contributed by atoms with E-state index in [9.17, 15) is 0 Å². The molecule has 2 rings (SSSR count). The first-order valence-electron chi connectivity index (χ1n) is 5.64. The second-order valence-electron chi connectivity index (χ2n) is 3.77. The Kier molecular flexibility index (Phi) is 3.83. The first kappa shape index (κ1) is 11.3. The van der Waals surface area contributed by atoms with Gasteiger partial charge in [0, 0.05) is 6.42 Å². The average molecular weight is 222 g/mol. The van der Waals surface area contributed by atoms with Gasteiger partial charge >= 0.3 is 0 Å². The maximum Gasteiger partial charge on any atom is 0.127 e. The van der Waals surface area contributed by atoms with Crippen LogP contribution in [0.15, 0.2) is 54.6 Å². The molecule has 17 heavy (non-hydrogen) atoms. The van der Waals surface area contributed by atoms with Crippen LogP contribution >= 0.6 is 0 Å². The van der Waals surface area contributed by atoms with Crippen molar-refractivity contribution in [2.75, 3.05) is 0 Å². The predicted molar refractivity (Wildman–Crippen MR) is 70.1 cm³/mol. The maximum absolute atomic E-state index is 5.75. The highest BCUT2D eigenvalue weighted by molar-refractivity contribution is 5.34. The number of aryl methyl sites for hydroxylation is 1. The molecule has 0 atom stereocenters. The molecule has 1 heteroatoms. The van der Waals surface area contributed by atoms with E-state index in [0.717, 1.165) is 24.3 Å². The van der Waals surface area contributed by atoms with Crippen molar-refractivity contribution in [1.29, 1.82) is 0 Å². The maximum atomic E-state index is 5.75. The van der Waals surface area contributed by atoms with E-state index in [1.165, 1.54) is 5.56 Å². The molecule has 0 unspecified atom stereocenters. The lowest BCUT2D eigenvalue weighted by atomic mass is 10.1.